The molecule has 0 fully saturated rings. The van der Waals surface area contributed by atoms with Crippen molar-refractivity contribution in [1.29, 1.82) is 0 Å². The fourth-order valence-corrected chi connectivity index (χ4v) is 8.69. The maximum Gasteiger partial charge on any atom is 0.306 e. The van der Waals surface area contributed by atoms with Crippen LogP contribution in [0.4, 0.5) is 0 Å². The zero-order chi connectivity index (χ0) is 55.7. The third-order valence-electron chi connectivity index (χ3n) is 13.4. The molecule has 1 atom stereocenters. The summed E-state index contributed by atoms with van der Waals surface area (Å²) >= 11 is 0. The summed E-state index contributed by atoms with van der Waals surface area (Å²) < 4.78 is 16.9. The van der Waals surface area contributed by atoms with Crippen LogP contribution in [0.2, 0.25) is 0 Å². The number of hydrogen-bond acceptors (Lipinski definition) is 6. The number of carbonyl (C=O) groups excluding carboxylic acids is 3. The molecule has 0 aromatic carbocycles. The maximum absolute atomic E-state index is 12.9. The largest absolute Gasteiger partial charge is 0.462 e. The van der Waals surface area contributed by atoms with E-state index in [0.717, 1.165) is 148 Å². The van der Waals surface area contributed by atoms with E-state index in [1.54, 1.807) is 0 Å². The zero-order valence-electron chi connectivity index (χ0n) is 50.2. The number of esters is 3. The maximum atomic E-state index is 12.9. The third kappa shape index (κ3) is 62.5. The average Bonchev–Trinajstić information content (AvgIpc) is 3.43. The molecule has 438 valence electrons. The van der Waals surface area contributed by atoms with Gasteiger partial charge in [-0.25, -0.2) is 0 Å². The molecule has 1 unspecified atom stereocenters. The summed E-state index contributed by atoms with van der Waals surface area (Å²) in [4.78, 5) is 38.3. The number of hydrogen-bond donors (Lipinski definition) is 0. The first-order valence-electron chi connectivity index (χ1n) is 32.0. The Bertz CT molecular complexity index is 1600. The minimum Gasteiger partial charge on any atom is -0.462 e. The second-order valence-corrected chi connectivity index (χ2v) is 20.9. The van der Waals surface area contributed by atoms with Gasteiger partial charge in [0, 0.05) is 19.3 Å². The van der Waals surface area contributed by atoms with Gasteiger partial charge >= 0.3 is 17.9 Å². The second kappa shape index (κ2) is 64.3. The zero-order valence-corrected chi connectivity index (χ0v) is 50.2. The van der Waals surface area contributed by atoms with Gasteiger partial charge in [0.1, 0.15) is 13.2 Å². The van der Waals surface area contributed by atoms with Crippen LogP contribution in [0, 0.1) is 0 Å². The highest BCUT2D eigenvalue weighted by molar-refractivity contribution is 5.71. The summed E-state index contributed by atoms with van der Waals surface area (Å²) in [5, 5.41) is 0. The van der Waals surface area contributed by atoms with E-state index in [1.165, 1.54) is 103 Å². The van der Waals surface area contributed by atoms with Gasteiger partial charge in [0.2, 0.25) is 0 Å². The lowest BCUT2D eigenvalue weighted by molar-refractivity contribution is -0.167. The Hall–Kier alpha value is -4.19. The SMILES string of the molecule is CC/C=C\C/C=C\C/C=C\C/C=C\CCCCCCCCCCCCC(=O)OCC(COC(=O)CCCCCCC/C=C\C/C=C\C/C=C\CC)OC(=O)CCCCCCCC/C=C\C/C=C\C/C=C\CCCCCCC. The van der Waals surface area contributed by atoms with Crippen molar-refractivity contribution in [1.82, 2.24) is 0 Å². The molecule has 0 N–H and O–H groups in total. The molecule has 0 aromatic rings. The molecular formula is C71H118O6. The number of rotatable bonds is 57. The van der Waals surface area contributed by atoms with Crippen LogP contribution in [0.1, 0.15) is 290 Å². The minimum atomic E-state index is -0.799. The molecule has 0 rings (SSSR count). The van der Waals surface area contributed by atoms with Gasteiger partial charge in [0.25, 0.3) is 0 Å². The van der Waals surface area contributed by atoms with Gasteiger partial charge in [-0.05, 0) is 128 Å². The van der Waals surface area contributed by atoms with Crippen molar-refractivity contribution in [2.45, 2.75) is 297 Å². The molecule has 0 saturated carbocycles. The first kappa shape index (κ1) is 72.8. The normalized spacial score (nSPS) is 12.9. The van der Waals surface area contributed by atoms with Crippen molar-refractivity contribution in [2.75, 3.05) is 13.2 Å². The minimum absolute atomic E-state index is 0.0935. The number of carbonyl (C=O) groups is 3. The molecule has 0 spiro atoms. The third-order valence-corrected chi connectivity index (χ3v) is 13.4. The van der Waals surface area contributed by atoms with E-state index in [2.05, 4.69) is 142 Å². The monoisotopic (exact) mass is 1070 g/mol. The Morgan fingerprint density at radius 1 is 0.273 bits per heavy atom. The van der Waals surface area contributed by atoms with E-state index in [-0.39, 0.29) is 31.1 Å². The van der Waals surface area contributed by atoms with Crippen molar-refractivity contribution < 1.29 is 28.6 Å². The molecule has 6 heteroatoms. The highest BCUT2D eigenvalue weighted by atomic mass is 16.6. The lowest BCUT2D eigenvalue weighted by Crippen LogP contribution is -2.30. The van der Waals surface area contributed by atoms with Gasteiger partial charge in [-0.2, -0.15) is 0 Å². The van der Waals surface area contributed by atoms with Gasteiger partial charge in [-0.1, -0.05) is 264 Å². The quantitative estimate of drug-likeness (QED) is 0.0261. The average molecular weight is 1070 g/mol. The molecule has 0 amide bonds. The predicted octanol–water partition coefficient (Wildman–Crippen LogP) is 22.0. The van der Waals surface area contributed by atoms with Crippen LogP contribution in [0.5, 0.6) is 0 Å². The Labute approximate surface area is 475 Å². The molecule has 0 aliphatic carbocycles. The van der Waals surface area contributed by atoms with Gasteiger partial charge in [-0.3, -0.25) is 14.4 Å². The van der Waals surface area contributed by atoms with Gasteiger partial charge in [0.15, 0.2) is 6.10 Å². The van der Waals surface area contributed by atoms with Gasteiger partial charge in [0.05, 0.1) is 0 Å². The van der Waals surface area contributed by atoms with Gasteiger partial charge < -0.3 is 14.2 Å². The second-order valence-electron chi connectivity index (χ2n) is 20.9. The topological polar surface area (TPSA) is 78.9 Å². The van der Waals surface area contributed by atoms with E-state index in [1.807, 2.05) is 0 Å². The molecule has 77 heavy (non-hydrogen) atoms. The number of allylic oxidation sites excluding steroid dienone is 20. The molecule has 6 nitrogen and oxygen atoms in total. The molecular weight excluding hydrogens is 949 g/mol. The molecule has 0 heterocycles. The lowest BCUT2D eigenvalue weighted by atomic mass is 10.1. The summed E-state index contributed by atoms with van der Waals surface area (Å²) in [5.74, 6) is -0.923. The number of ether oxygens (including phenoxy) is 3. The fourth-order valence-electron chi connectivity index (χ4n) is 8.69. The highest BCUT2D eigenvalue weighted by Crippen LogP contribution is 2.15. The van der Waals surface area contributed by atoms with Crippen LogP contribution in [-0.2, 0) is 28.6 Å². The van der Waals surface area contributed by atoms with Crippen molar-refractivity contribution in [3.8, 4) is 0 Å². The van der Waals surface area contributed by atoms with Crippen LogP contribution in [0.15, 0.2) is 122 Å². The van der Waals surface area contributed by atoms with Crippen molar-refractivity contribution in [3.05, 3.63) is 122 Å². The van der Waals surface area contributed by atoms with Gasteiger partial charge in [-0.15, -0.1) is 0 Å². The van der Waals surface area contributed by atoms with Crippen molar-refractivity contribution >= 4 is 17.9 Å². The Kier molecular flexibility index (Phi) is 60.8. The first-order valence-corrected chi connectivity index (χ1v) is 32.0. The van der Waals surface area contributed by atoms with Crippen LogP contribution < -0.4 is 0 Å². The summed E-state index contributed by atoms with van der Waals surface area (Å²) in [6.07, 6.45) is 89.1. The standard InChI is InChI=1S/C71H118O6/c1-4-7-10-13-16-19-22-25-28-30-32-34-35-37-38-40-43-46-49-52-55-58-61-64-70(73)76-67-68(66-75-69(72)63-60-57-54-51-48-45-42-27-24-21-18-15-12-9-6-3)77-71(74)65-62-59-56-53-50-47-44-41-39-36-33-31-29-26-23-20-17-14-11-8-5-2/h7,9-10,12,16,18-19,21,23,25-28,31-34,39,41-42,68H,4-6,8,11,13-15,17,20,22,24,29-30,35-38,40,43-67H2,1-3H3/b10-7-,12-9-,19-16-,21-18-,26-23-,28-25-,33-31-,34-32-,41-39-,42-27-. The predicted molar refractivity (Wildman–Crippen MR) is 334 cm³/mol. The van der Waals surface area contributed by atoms with Crippen LogP contribution in [0.25, 0.3) is 0 Å². The van der Waals surface area contributed by atoms with E-state index in [0.29, 0.717) is 19.3 Å². The van der Waals surface area contributed by atoms with Crippen molar-refractivity contribution in [3.63, 3.8) is 0 Å². The Morgan fingerprint density at radius 3 is 0.792 bits per heavy atom. The Balaban J connectivity index is 4.42. The molecule has 0 radical (unpaired) electrons. The van der Waals surface area contributed by atoms with Crippen LogP contribution >= 0.6 is 0 Å². The molecule has 0 aliphatic heterocycles. The molecule has 0 aliphatic rings. The fraction of sp³-hybridized carbons (Fsp3) is 0.676. The summed E-state index contributed by atoms with van der Waals surface area (Å²) in [5.41, 5.74) is 0. The summed E-state index contributed by atoms with van der Waals surface area (Å²) in [6, 6.07) is 0. The van der Waals surface area contributed by atoms with Crippen molar-refractivity contribution in [2.24, 2.45) is 0 Å². The number of unbranched alkanes of at least 4 members (excludes halogenated alkanes) is 26. The Morgan fingerprint density at radius 2 is 0.506 bits per heavy atom. The van der Waals surface area contributed by atoms with E-state index in [4.69, 9.17) is 14.2 Å². The van der Waals surface area contributed by atoms with Crippen LogP contribution in [0.3, 0.4) is 0 Å². The summed E-state index contributed by atoms with van der Waals surface area (Å²) in [6.45, 7) is 6.39. The van der Waals surface area contributed by atoms with Crippen LogP contribution in [-0.4, -0.2) is 37.2 Å². The van der Waals surface area contributed by atoms with E-state index < -0.39 is 6.10 Å². The molecule has 0 aromatic heterocycles. The molecule has 0 bridgehead atoms. The van der Waals surface area contributed by atoms with E-state index in [9.17, 15) is 14.4 Å². The smallest absolute Gasteiger partial charge is 0.306 e. The van der Waals surface area contributed by atoms with E-state index >= 15 is 0 Å². The highest BCUT2D eigenvalue weighted by Gasteiger charge is 2.19. The lowest BCUT2D eigenvalue weighted by Gasteiger charge is -2.18. The molecule has 0 saturated heterocycles. The summed E-state index contributed by atoms with van der Waals surface area (Å²) in [7, 11) is 0. The first-order chi connectivity index (χ1) is 38.0.